The fourth-order valence-corrected chi connectivity index (χ4v) is 3.06. The van der Waals surface area contributed by atoms with Crippen LogP contribution in [-0.4, -0.2) is 16.1 Å². The Kier molecular flexibility index (Phi) is 2.70. The van der Waals surface area contributed by atoms with Crippen LogP contribution in [0, 0.1) is 13.8 Å². The number of nitrogens with zero attached hydrogens (tertiary/aromatic N) is 1. The molecule has 0 unspecified atom stereocenters. The zero-order chi connectivity index (χ0) is 12.7. The highest BCUT2D eigenvalue weighted by molar-refractivity contribution is 7.12. The molecule has 0 atom stereocenters. The van der Waals surface area contributed by atoms with E-state index in [-0.39, 0.29) is 5.91 Å². The first-order valence-electron chi connectivity index (χ1n) is 6.07. The third-order valence-electron chi connectivity index (χ3n) is 3.21. The van der Waals surface area contributed by atoms with E-state index >= 15 is 0 Å². The molecule has 18 heavy (non-hydrogen) atoms. The predicted octanol–water partition coefficient (Wildman–Crippen LogP) is 3.22. The molecule has 0 saturated heterocycles. The summed E-state index contributed by atoms with van der Waals surface area (Å²) < 4.78 is 0. The molecule has 5 heteroatoms. The summed E-state index contributed by atoms with van der Waals surface area (Å²) in [4.78, 5) is 14.4. The highest BCUT2D eigenvalue weighted by Crippen LogP contribution is 2.42. The van der Waals surface area contributed by atoms with Crippen molar-refractivity contribution < 1.29 is 4.79 Å². The molecule has 3 rings (SSSR count). The average Bonchev–Trinajstić information content (AvgIpc) is 2.97. The Morgan fingerprint density at radius 1 is 1.50 bits per heavy atom. The van der Waals surface area contributed by atoms with Gasteiger partial charge in [-0.15, -0.1) is 11.3 Å². The molecule has 0 aliphatic heterocycles. The van der Waals surface area contributed by atoms with Crippen molar-refractivity contribution in [1.29, 1.82) is 0 Å². The van der Waals surface area contributed by atoms with Crippen LogP contribution in [-0.2, 0) is 0 Å². The number of rotatable bonds is 3. The maximum atomic E-state index is 12.2. The second kappa shape index (κ2) is 4.24. The van der Waals surface area contributed by atoms with Crippen LogP contribution < -0.4 is 5.32 Å². The van der Waals surface area contributed by atoms with Crippen molar-refractivity contribution in [3.8, 4) is 0 Å². The van der Waals surface area contributed by atoms with Crippen LogP contribution in [0.5, 0.6) is 0 Å². The molecule has 2 heterocycles. The van der Waals surface area contributed by atoms with E-state index in [0.29, 0.717) is 5.92 Å². The second-order valence-electron chi connectivity index (χ2n) is 4.76. The minimum Gasteiger partial charge on any atom is -0.307 e. The van der Waals surface area contributed by atoms with E-state index in [1.165, 1.54) is 12.8 Å². The van der Waals surface area contributed by atoms with Gasteiger partial charge in [-0.3, -0.25) is 9.89 Å². The van der Waals surface area contributed by atoms with Gasteiger partial charge >= 0.3 is 0 Å². The van der Waals surface area contributed by atoms with Crippen molar-refractivity contribution in [2.75, 3.05) is 5.32 Å². The fraction of sp³-hybridized carbons (Fsp3) is 0.385. The van der Waals surface area contributed by atoms with Crippen LogP contribution in [0.4, 0.5) is 5.82 Å². The summed E-state index contributed by atoms with van der Waals surface area (Å²) in [6.45, 7) is 3.99. The molecule has 2 aromatic rings. The van der Waals surface area contributed by atoms with Gasteiger partial charge in [0, 0.05) is 15.3 Å². The largest absolute Gasteiger partial charge is 0.307 e. The molecular formula is C13H15N3OS. The van der Waals surface area contributed by atoms with Crippen molar-refractivity contribution in [3.63, 3.8) is 0 Å². The number of nitrogens with one attached hydrogen (secondary N) is 2. The van der Waals surface area contributed by atoms with Crippen molar-refractivity contribution in [2.45, 2.75) is 32.6 Å². The van der Waals surface area contributed by atoms with E-state index < -0.39 is 0 Å². The number of aromatic nitrogens is 2. The van der Waals surface area contributed by atoms with Crippen molar-refractivity contribution in [3.05, 3.63) is 33.1 Å². The van der Waals surface area contributed by atoms with E-state index in [9.17, 15) is 4.79 Å². The Bertz CT molecular complexity index is 595. The molecule has 0 aromatic carbocycles. The van der Waals surface area contributed by atoms with Crippen LogP contribution in [0.3, 0.4) is 0 Å². The Morgan fingerprint density at radius 3 is 2.89 bits per heavy atom. The topological polar surface area (TPSA) is 57.8 Å². The van der Waals surface area contributed by atoms with Crippen LogP contribution in [0.1, 0.15) is 44.4 Å². The summed E-state index contributed by atoms with van der Waals surface area (Å²) in [5.74, 6) is 1.28. The van der Waals surface area contributed by atoms with Crippen LogP contribution in [0.15, 0.2) is 12.3 Å². The Hall–Kier alpha value is -1.62. The molecule has 0 bridgehead atoms. The van der Waals surface area contributed by atoms with Gasteiger partial charge in [-0.1, -0.05) is 0 Å². The summed E-state index contributed by atoms with van der Waals surface area (Å²) >= 11 is 1.65. The number of carbonyl (C=O) groups excluding carboxylic acids is 1. The van der Waals surface area contributed by atoms with Gasteiger partial charge in [0.1, 0.15) is 5.82 Å². The summed E-state index contributed by atoms with van der Waals surface area (Å²) in [5, 5.41) is 9.83. The maximum Gasteiger partial charge on any atom is 0.257 e. The molecule has 1 amide bonds. The van der Waals surface area contributed by atoms with Crippen molar-refractivity contribution >= 4 is 23.1 Å². The van der Waals surface area contributed by atoms with Crippen LogP contribution >= 0.6 is 11.3 Å². The van der Waals surface area contributed by atoms with E-state index in [1.54, 1.807) is 11.3 Å². The van der Waals surface area contributed by atoms with Crippen molar-refractivity contribution in [1.82, 2.24) is 10.2 Å². The van der Waals surface area contributed by atoms with Crippen LogP contribution in [0.25, 0.3) is 0 Å². The highest BCUT2D eigenvalue weighted by atomic mass is 32.1. The molecule has 1 aliphatic rings. The van der Waals surface area contributed by atoms with E-state index in [1.807, 2.05) is 26.1 Å². The summed E-state index contributed by atoms with van der Waals surface area (Å²) in [5.41, 5.74) is 1.89. The van der Waals surface area contributed by atoms with Gasteiger partial charge in [-0.2, -0.15) is 5.10 Å². The number of aromatic amines is 1. The fourth-order valence-electron chi connectivity index (χ4n) is 2.14. The average molecular weight is 261 g/mol. The standard InChI is InChI=1S/C13H15N3OS/c1-7-5-10(8(2)18-7)13(17)15-12-11(6-14-16-12)9-3-4-9/h5-6,9H,3-4H2,1-2H3,(H2,14,15,16,17). The first-order chi connectivity index (χ1) is 8.65. The van der Waals surface area contributed by atoms with Crippen LogP contribution in [0.2, 0.25) is 0 Å². The molecule has 1 saturated carbocycles. The molecule has 94 valence electrons. The van der Waals surface area contributed by atoms with Gasteiger partial charge in [-0.05, 0) is 38.7 Å². The lowest BCUT2D eigenvalue weighted by molar-refractivity contribution is 0.102. The lowest BCUT2D eigenvalue weighted by Gasteiger charge is -2.04. The second-order valence-corrected chi connectivity index (χ2v) is 6.22. The zero-order valence-corrected chi connectivity index (χ0v) is 11.2. The van der Waals surface area contributed by atoms with Gasteiger partial charge in [0.05, 0.1) is 11.8 Å². The minimum atomic E-state index is -0.0528. The number of anilines is 1. The molecule has 0 spiro atoms. The number of H-pyrrole nitrogens is 1. The number of thiophene rings is 1. The highest BCUT2D eigenvalue weighted by Gasteiger charge is 2.28. The molecule has 2 N–H and O–H groups in total. The number of amides is 1. The summed E-state index contributed by atoms with van der Waals surface area (Å²) in [6.07, 6.45) is 4.21. The quantitative estimate of drug-likeness (QED) is 0.891. The minimum absolute atomic E-state index is 0.0528. The molecule has 1 aliphatic carbocycles. The van der Waals surface area contributed by atoms with Crippen molar-refractivity contribution in [2.24, 2.45) is 0 Å². The first-order valence-corrected chi connectivity index (χ1v) is 6.88. The summed E-state index contributed by atoms with van der Waals surface area (Å²) in [7, 11) is 0. The SMILES string of the molecule is Cc1cc(C(=O)Nc2[nH]ncc2C2CC2)c(C)s1. The van der Waals surface area contributed by atoms with E-state index in [4.69, 9.17) is 0 Å². The number of hydrogen-bond acceptors (Lipinski definition) is 3. The third kappa shape index (κ3) is 2.06. The number of carbonyl (C=O) groups is 1. The molecule has 4 nitrogen and oxygen atoms in total. The van der Waals surface area contributed by atoms with Gasteiger partial charge < -0.3 is 5.32 Å². The smallest absolute Gasteiger partial charge is 0.257 e. The number of hydrogen-bond donors (Lipinski definition) is 2. The maximum absolute atomic E-state index is 12.2. The van der Waals surface area contributed by atoms with E-state index in [2.05, 4.69) is 15.5 Å². The third-order valence-corrected chi connectivity index (χ3v) is 4.18. The molecule has 1 fully saturated rings. The van der Waals surface area contributed by atoms with Gasteiger partial charge in [0.15, 0.2) is 0 Å². The van der Waals surface area contributed by atoms with E-state index in [0.717, 1.165) is 26.7 Å². The lowest BCUT2D eigenvalue weighted by atomic mass is 10.2. The molecular weight excluding hydrogens is 246 g/mol. The van der Waals surface area contributed by atoms with Gasteiger partial charge in [0.25, 0.3) is 5.91 Å². The zero-order valence-electron chi connectivity index (χ0n) is 10.4. The monoisotopic (exact) mass is 261 g/mol. The predicted molar refractivity (Wildman–Crippen MR) is 72.3 cm³/mol. The van der Waals surface area contributed by atoms with Gasteiger partial charge in [-0.25, -0.2) is 0 Å². The first kappa shape index (κ1) is 11.5. The molecule has 2 aromatic heterocycles. The molecule has 0 radical (unpaired) electrons. The van der Waals surface area contributed by atoms with Gasteiger partial charge in [0.2, 0.25) is 0 Å². The Morgan fingerprint density at radius 2 is 2.28 bits per heavy atom. The Labute approximate surface area is 109 Å². The summed E-state index contributed by atoms with van der Waals surface area (Å²) in [6, 6.07) is 1.93. The Balaban J connectivity index is 1.81. The lowest BCUT2D eigenvalue weighted by Crippen LogP contribution is -2.13. The number of aryl methyl sites for hydroxylation is 2. The normalized spacial score (nSPS) is 14.8.